The van der Waals surface area contributed by atoms with Crippen LogP contribution in [0.15, 0.2) is 42.6 Å². The van der Waals surface area contributed by atoms with Crippen molar-refractivity contribution >= 4 is 22.3 Å². The number of anilines is 1. The van der Waals surface area contributed by atoms with Crippen molar-refractivity contribution < 1.29 is 9.66 Å². The van der Waals surface area contributed by atoms with E-state index in [0.717, 1.165) is 16.6 Å². The normalized spacial score (nSPS) is 10.5. The summed E-state index contributed by atoms with van der Waals surface area (Å²) in [5, 5.41) is 14.9. The summed E-state index contributed by atoms with van der Waals surface area (Å²) in [6.45, 7) is 7.34. The summed E-state index contributed by atoms with van der Waals surface area (Å²) in [5.74, 6) is 0. The summed E-state index contributed by atoms with van der Waals surface area (Å²) in [5.41, 5.74) is 2.17. The van der Waals surface area contributed by atoms with Gasteiger partial charge in [0, 0.05) is 29.9 Å². The minimum atomic E-state index is -0.422. The molecule has 0 bridgehead atoms. The monoisotopic (exact) mass is 287 g/mol. The van der Waals surface area contributed by atoms with Gasteiger partial charge in [-0.2, -0.15) is 0 Å². The van der Waals surface area contributed by atoms with Crippen LogP contribution in [0.25, 0.3) is 10.9 Å². The van der Waals surface area contributed by atoms with Gasteiger partial charge in [-0.25, -0.2) is 4.98 Å². The molecule has 0 aliphatic rings. The molecule has 2 rings (SSSR count). The summed E-state index contributed by atoms with van der Waals surface area (Å²) in [4.78, 5) is 14.7. The van der Waals surface area contributed by atoms with Crippen molar-refractivity contribution in [2.45, 2.75) is 6.92 Å². The smallest absolute Gasteiger partial charge is 0.295 e. The second-order valence-electron chi connectivity index (χ2n) is 4.73. The van der Waals surface area contributed by atoms with Gasteiger partial charge in [0.25, 0.3) is 5.69 Å². The quantitative estimate of drug-likeness (QED) is 0.366. The second kappa shape index (κ2) is 6.81. The maximum absolute atomic E-state index is 11.0. The number of hydrogen-bond acceptors (Lipinski definition) is 5. The van der Waals surface area contributed by atoms with Gasteiger partial charge < -0.3 is 10.1 Å². The number of hydrogen-bond donors (Lipinski definition) is 1. The van der Waals surface area contributed by atoms with E-state index in [-0.39, 0.29) is 5.69 Å². The van der Waals surface area contributed by atoms with E-state index in [2.05, 4.69) is 16.9 Å². The highest BCUT2D eigenvalue weighted by atomic mass is 16.6. The van der Waals surface area contributed by atoms with Crippen LogP contribution in [0.4, 0.5) is 11.4 Å². The van der Waals surface area contributed by atoms with E-state index < -0.39 is 4.92 Å². The zero-order chi connectivity index (χ0) is 15.2. The van der Waals surface area contributed by atoms with Gasteiger partial charge in [0.05, 0.1) is 18.1 Å². The Morgan fingerprint density at radius 2 is 2.29 bits per heavy atom. The SMILES string of the molecule is C=C(C)COCCNc1ccnc2c([N+](=O)[O-])cccc12. The van der Waals surface area contributed by atoms with Crippen LogP contribution in [0.5, 0.6) is 0 Å². The number of rotatable bonds is 7. The van der Waals surface area contributed by atoms with Crippen molar-refractivity contribution in [2.75, 3.05) is 25.1 Å². The number of pyridine rings is 1. The number of non-ortho nitro benzene ring substituents is 1. The second-order valence-corrected chi connectivity index (χ2v) is 4.73. The molecule has 0 spiro atoms. The summed E-state index contributed by atoms with van der Waals surface area (Å²) >= 11 is 0. The molecule has 110 valence electrons. The Kier molecular flexibility index (Phi) is 4.84. The average molecular weight is 287 g/mol. The average Bonchev–Trinajstić information content (AvgIpc) is 2.46. The molecule has 1 heterocycles. The third kappa shape index (κ3) is 3.76. The number of nitro benzene ring substituents is 1. The molecule has 0 amide bonds. The molecule has 1 aromatic carbocycles. The first-order valence-electron chi connectivity index (χ1n) is 6.57. The van der Waals surface area contributed by atoms with Gasteiger partial charge in [0.15, 0.2) is 0 Å². The Hall–Kier alpha value is -2.47. The first-order chi connectivity index (χ1) is 10.1. The predicted octanol–water partition coefficient (Wildman–Crippen LogP) is 3.15. The van der Waals surface area contributed by atoms with Crippen LogP contribution in [0.1, 0.15) is 6.92 Å². The summed E-state index contributed by atoms with van der Waals surface area (Å²) in [7, 11) is 0. The lowest BCUT2D eigenvalue weighted by atomic mass is 10.1. The fourth-order valence-corrected chi connectivity index (χ4v) is 1.97. The number of fused-ring (bicyclic) bond motifs is 1. The van der Waals surface area contributed by atoms with Gasteiger partial charge in [0.1, 0.15) is 5.52 Å². The molecular weight excluding hydrogens is 270 g/mol. The lowest BCUT2D eigenvalue weighted by molar-refractivity contribution is -0.383. The number of nitrogens with one attached hydrogen (secondary N) is 1. The molecule has 0 saturated carbocycles. The molecule has 1 N–H and O–H groups in total. The number of nitro groups is 1. The molecule has 21 heavy (non-hydrogen) atoms. The van der Waals surface area contributed by atoms with Crippen molar-refractivity contribution in [3.8, 4) is 0 Å². The highest BCUT2D eigenvalue weighted by Crippen LogP contribution is 2.28. The molecule has 0 atom stereocenters. The van der Waals surface area contributed by atoms with Crippen LogP contribution in [0, 0.1) is 10.1 Å². The number of benzene rings is 1. The Balaban J connectivity index is 2.12. The highest BCUT2D eigenvalue weighted by molar-refractivity contribution is 5.96. The fraction of sp³-hybridized carbons (Fsp3) is 0.267. The Morgan fingerprint density at radius 1 is 1.48 bits per heavy atom. The Morgan fingerprint density at radius 3 is 3.00 bits per heavy atom. The molecule has 1 aromatic heterocycles. The third-order valence-electron chi connectivity index (χ3n) is 2.86. The van der Waals surface area contributed by atoms with Crippen LogP contribution in [-0.4, -0.2) is 29.7 Å². The first-order valence-corrected chi connectivity index (χ1v) is 6.57. The third-order valence-corrected chi connectivity index (χ3v) is 2.86. The van der Waals surface area contributed by atoms with Crippen molar-refractivity contribution in [2.24, 2.45) is 0 Å². The number of ether oxygens (including phenoxy) is 1. The summed E-state index contributed by atoms with van der Waals surface area (Å²) in [6.07, 6.45) is 1.56. The summed E-state index contributed by atoms with van der Waals surface area (Å²) < 4.78 is 5.40. The number of nitrogens with zero attached hydrogens (tertiary/aromatic N) is 2. The van der Waals surface area contributed by atoms with Crippen LogP contribution < -0.4 is 5.32 Å². The molecule has 2 aromatic rings. The van der Waals surface area contributed by atoms with Crippen molar-refractivity contribution in [3.05, 3.63) is 52.7 Å². The predicted molar refractivity (Wildman–Crippen MR) is 82.5 cm³/mol. The minimum Gasteiger partial charge on any atom is -0.382 e. The van der Waals surface area contributed by atoms with Crippen LogP contribution in [-0.2, 0) is 4.74 Å². The zero-order valence-corrected chi connectivity index (χ0v) is 11.8. The van der Waals surface area contributed by atoms with Gasteiger partial charge in [-0.3, -0.25) is 10.1 Å². The molecule has 0 fully saturated rings. The van der Waals surface area contributed by atoms with E-state index in [9.17, 15) is 10.1 Å². The summed E-state index contributed by atoms with van der Waals surface area (Å²) in [6, 6.07) is 6.72. The lowest BCUT2D eigenvalue weighted by Gasteiger charge is -2.10. The molecule has 6 heteroatoms. The Labute approximate surface area is 122 Å². The van der Waals surface area contributed by atoms with Crippen molar-refractivity contribution in [1.29, 1.82) is 0 Å². The van der Waals surface area contributed by atoms with Crippen LogP contribution in [0.2, 0.25) is 0 Å². The standard InChI is InChI=1S/C15H17N3O3/c1-11(2)10-21-9-8-16-13-6-7-17-15-12(13)4-3-5-14(15)18(19)20/h3-7H,1,8-10H2,2H3,(H,16,17). The highest BCUT2D eigenvalue weighted by Gasteiger charge is 2.13. The molecular formula is C15H17N3O3. The van der Waals surface area contributed by atoms with Crippen LogP contribution in [0.3, 0.4) is 0 Å². The maximum atomic E-state index is 11.0. The minimum absolute atomic E-state index is 0.00896. The number of para-hydroxylation sites is 1. The van der Waals surface area contributed by atoms with Gasteiger partial charge in [-0.05, 0) is 13.0 Å². The molecule has 0 radical (unpaired) electrons. The van der Waals surface area contributed by atoms with Gasteiger partial charge in [-0.1, -0.05) is 24.3 Å². The fourth-order valence-electron chi connectivity index (χ4n) is 1.97. The first kappa shape index (κ1) is 14.9. The van der Waals surface area contributed by atoms with Gasteiger partial charge in [0.2, 0.25) is 0 Å². The van der Waals surface area contributed by atoms with Gasteiger partial charge >= 0.3 is 0 Å². The molecule has 0 aliphatic carbocycles. The molecule has 6 nitrogen and oxygen atoms in total. The molecule has 0 unspecified atom stereocenters. The van der Waals surface area contributed by atoms with E-state index in [0.29, 0.717) is 25.3 Å². The van der Waals surface area contributed by atoms with Crippen molar-refractivity contribution in [1.82, 2.24) is 4.98 Å². The lowest BCUT2D eigenvalue weighted by Crippen LogP contribution is -2.10. The van der Waals surface area contributed by atoms with E-state index in [1.807, 2.05) is 13.0 Å². The van der Waals surface area contributed by atoms with E-state index >= 15 is 0 Å². The van der Waals surface area contributed by atoms with E-state index in [1.54, 1.807) is 18.3 Å². The molecule has 0 saturated heterocycles. The molecule has 0 aliphatic heterocycles. The van der Waals surface area contributed by atoms with Crippen LogP contribution >= 0.6 is 0 Å². The van der Waals surface area contributed by atoms with Gasteiger partial charge in [-0.15, -0.1) is 0 Å². The zero-order valence-electron chi connectivity index (χ0n) is 11.8. The topological polar surface area (TPSA) is 77.3 Å². The maximum Gasteiger partial charge on any atom is 0.295 e. The van der Waals surface area contributed by atoms with Crippen molar-refractivity contribution in [3.63, 3.8) is 0 Å². The van der Waals surface area contributed by atoms with E-state index in [1.165, 1.54) is 6.07 Å². The Bertz CT molecular complexity index is 670. The number of aromatic nitrogens is 1. The largest absolute Gasteiger partial charge is 0.382 e. The van der Waals surface area contributed by atoms with E-state index in [4.69, 9.17) is 4.74 Å².